The van der Waals surface area contributed by atoms with Crippen molar-refractivity contribution >= 4 is 0 Å². The second-order valence-electron chi connectivity index (χ2n) is 3.04. The van der Waals surface area contributed by atoms with Crippen molar-refractivity contribution in [2.24, 2.45) is 0 Å². The van der Waals surface area contributed by atoms with Gasteiger partial charge in [-0.3, -0.25) is 0 Å². The minimum absolute atomic E-state index is 0.000000000000000444. The van der Waals surface area contributed by atoms with E-state index in [9.17, 15) is 0 Å². The highest BCUT2D eigenvalue weighted by Gasteiger charge is 2.10. The summed E-state index contributed by atoms with van der Waals surface area (Å²) in [6.07, 6.45) is 0.868. The summed E-state index contributed by atoms with van der Waals surface area (Å²) < 4.78 is 2.08. The van der Waals surface area contributed by atoms with Crippen LogP contribution in [0.4, 0.5) is 0 Å². The standard InChI is InChI=1S/C10H14N2/c1-4-10(7-11)12-8(2)5-6-9(12)3/h5-6,10H,4H2,1-3H3. The molecule has 0 aromatic carbocycles. The van der Waals surface area contributed by atoms with Gasteiger partial charge in [-0.15, -0.1) is 0 Å². The highest BCUT2D eigenvalue weighted by atomic mass is 15.0. The van der Waals surface area contributed by atoms with Crippen molar-refractivity contribution in [3.8, 4) is 6.07 Å². The predicted octanol–water partition coefficient (Wildman–Crippen LogP) is 2.58. The predicted molar refractivity (Wildman–Crippen MR) is 48.8 cm³/mol. The molecular formula is C10H14N2. The normalized spacial score (nSPS) is 12.5. The van der Waals surface area contributed by atoms with Crippen LogP contribution in [0.15, 0.2) is 12.1 Å². The molecular weight excluding hydrogens is 148 g/mol. The zero-order chi connectivity index (χ0) is 9.14. The summed E-state index contributed by atoms with van der Waals surface area (Å²) in [6, 6.07) is 6.40. The van der Waals surface area contributed by atoms with Crippen LogP contribution in [-0.4, -0.2) is 4.57 Å². The van der Waals surface area contributed by atoms with Crippen LogP contribution in [0.2, 0.25) is 0 Å². The second-order valence-corrected chi connectivity index (χ2v) is 3.04. The summed E-state index contributed by atoms with van der Waals surface area (Å²) in [5.74, 6) is 0. The van der Waals surface area contributed by atoms with E-state index in [4.69, 9.17) is 5.26 Å². The Morgan fingerprint density at radius 2 is 1.92 bits per heavy atom. The first-order valence-electron chi connectivity index (χ1n) is 4.24. The Bertz CT molecular complexity index is 285. The van der Waals surface area contributed by atoms with E-state index >= 15 is 0 Å². The van der Waals surface area contributed by atoms with Gasteiger partial charge in [0, 0.05) is 11.4 Å². The van der Waals surface area contributed by atoms with Gasteiger partial charge in [0.2, 0.25) is 0 Å². The van der Waals surface area contributed by atoms with Crippen LogP contribution in [0.1, 0.15) is 30.8 Å². The van der Waals surface area contributed by atoms with Gasteiger partial charge >= 0.3 is 0 Å². The van der Waals surface area contributed by atoms with Gasteiger partial charge in [-0.25, -0.2) is 0 Å². The van der Waals surface area contributed by atoms with Crippen molar-refractivity contribution in [2.45, 2.75) is 33.2 Å². The lowest BCUT2D eigenvalue weighted by Crippen LogP contribution is -2.08. The smallest absolute Gasteiger partial charge is 0.120 e. The van der Waals surface area contributed by atoms with Crippen LogP contribution in [0.5, 0.6) is 0 Å². The van der Waals surface area contributed by atoms with Gasteiger partial charge in [-0.1, -0.05) is 6.92 Å². The van der Waals surface area contributed by atoms with Gasteiger partial charge in [-0.2, -0.15) is 5.26 Å². The van der Waals surface area contributed by atoms with E-state index in [1.165, 1.54) is 11.4 Å². The second kappa shape index (κ2) is 3.44. The third-order valence-corrected chi connectivity index (χ3v) is 2.17. The maximum absolute atomic E-state index is 8.88. The van der Waals surface area contributed by atoms with E-state index in [2.05, 4.69) is 22.8 Å². The number of rotatable bonds is 2. The molecule has 1 atom stereocenters. The molecule has 0 N–H and O–H groups in total. The topological polar surface area (TPSA) is 28.7 Å². The molecule has 1 heterocycles. The summed E-state index contributed by atoms with van der Waals surface area (Å²) in [6.45, 7) is 6.10. The van der Waals surface area contributed by atoms with Crippen molar-refractivity contribution in [3.63, 3.8) is 0 Å². The minimum atomic E-state index is -0.000000000000000444. The monoisotopic (exact) mass is 162 g/mol. The van der Waals surface area contributed by atoms with Crippen LogP contribution < -0.4 is 0 Å². The molecule has 0 aliphatic heterocycles. The fourth-order valence-corrected chi connectivity index (χ4v) is 1.50. The average Bonchev–Trinajstić information content (AvgIpc) is 2.38. The largest absolute Gasteiger partial charge is 0.333 e. The Labute approximate surface area is 73.4 Å². The number of aryl methyl sites for hydroxylation is 2. The molecule has 1 rings (SSSR count). The highest BCUT2D eigenvalue weighted by molar-refractivity contribution is 5.17. The first-order chi connectivity index (χ1) is 5.70. The molecule has 0 saturated heterocycles. The Balaban J connectivity index is 3.08. The van der Waals surface area contributed by atoms with E-state index in [1.807, 2.05) is 20.8 Å². The van der Waals surface area contributed by atoms with E-state index in [-0.39, 0.29) is 6.04 Å². The lowest BCUT2D eigenvalue weighted by atomic mass is 10.2. The Hall–Kier alpha value is -1.23. The maximum Gasteiger partial charge on any atom is 0.120 e. The average molecular weight is 162 g/mol. The summed E-state index contributed by atoms with van der Waals surface area (Å²) in [5, 5.41) is 8.88. The van der Waals surface area contributed by atoms with Crippen molar-refractivity contribution in [2.75, 3.05) is 0 Å². The fourth-order valence-electron chi connectivity index (χ4n) is 1.50. The van der Waals surface area contributed by atoms with Gasteiger partial charge < -0.3 is 4.57 Å². The van der Waals surface area contributed by atoms with Gasteiger partial charge in [-0.05, 0) is 32.4 Å². The summed E-state index contributed by atoms with van der Waals surface area (Å²) >= 11 is 0. The lowest BCUT2D eigenvalue weighted by Gasteiger charge is -2.13. The van der Waals surface area contributed by atoms with Crippen LogP contribution in [0.3, 0.4) is 0 Å². The molecule has 1 aromatic heterocycles. The minimum Gasteiger partial charge on any atom is -0.333 e. The summed E-state index contributed by atoms with van der Waals surface area (Å²) in [5.41, 5.74) is 2.34. The molecule has 64 valence electrons. The molecule has 1 aromatic rings. The Morgan fingerprint density at radius 1 is 1.42 bits per heavy atom. The van der Waals surface area contributed by atoms with Crippen molar-refractivity contribution < 1.29 is 0 Å². The molecule has 0 spiro atoms. The van der Waals surface area contributed by atoms with Crippen LogP contribution in [0.25, 0.3) is 0 Å². The van der Waals surface area contributed by atoms with E-state index in [1.54, 1.807) is 0 Å². The molecule has 2 heteroatoms. The fraction of sp³-hybridized carbons (Fsp3) is 0.500. The van der Waals surface area contributed by atoms with Crippen LogP contribution in [0, 0.1) is 25.2 Å². The number of hydrogen-bond donors (Lipinski definition) is 0. The SMILES string of the molecule is CCC(C#N)n1c(C)ccc1C. The zero-order valence-corrected chi connectivity index (χ0v) is 7.83. The molecule has 0 fully saturated rings. The van der Waals surface area contributed by atoms with Gasteiger partial charge in [0.1, 0.15) is 6.04 Å². The zero-order valence-electron chi connectivity index (χ0n) is 7.83. The van der Waals surface area contributed by atoms with Gasteiger partial charge in [0.15, 0.2) is 0 Å². The maximum atomic E-state index is 8.88. The molecule has 2 nitrogen and oxygen atoms in total. The van der Waals surface area contributed by atoms with E-state index in [0.29, 0.717) is 0 Å². The van der Waals surface area contributed by atoms with E-state index < -0.39 is 0 Å². The molecule has 1 unspecified atom stereocenters. The Morgan fingerprint density at radius 3 is 2.25 bits per heavy atom. The molecule has 12 heavy (non-hydrogen) atoms. The number of hydrogen-bond acceptors (Lipinski definition) is 1. The first-order valence-corrected chi connectivity index (χ1v) is 4.24. The highest BCUT2D eigenvalue weighted by Crippen LogP contribution is 2.17. The first kappa shape index (κ1) is 8.86. The molecule has 0 radical (unpaired) electrons. The van der Waals surface area contributed by atoms with Crippen molar-refractivity contribution in [3.05, 3.63) is 23.5 Å². The van der Waals surface area contributed by atoms with E-state index in [0.717, 1.165) is 6.42 Å². The van der Waals surface area contributed by atoms with Crippen molar-refractivity contribution in [1.29, 1.82) is 5.26 Å². The third-order valence-electron chi connectivity index (χ3n) is 2.17. The summed E-state index contributed by atoms with van der Waals surface area (Å²) in [4.78, 5) is 0. The number of aromatic nitrogens is 1. The van der Waals surface area contributed by atoms with Crippen molar-refractivity contribution in [1.82, 2.24) is 4.57 Å². The molecule has 0 saturated carbocycles. The lowest BCUT2D eigenvalue weighted by molar-refractivity contribution is 0.574. The van der Waals surface area contributed by atoms with Crippen LogP contribution >= 0.6 is 0 Å². The number of nitrogens with zero attached hydrogens (tertiary/aromatic N) is 2. The number of nitriles is 1. The summed E-state index contributed by atoms with van der Waals surface area (Å²) in [7, 11) is 0. The van der Waals surface area contributed by atoms with Gasteiger partial charge in [0.25, 0.3) is 0 Å². The quantitative estimate of drug-likeness (QED) is 0.657. The molecule has 0 aliphatic rings. The molecule has 0 bridgehead atoms. The molecule has 0 aliphatic carbocycles. The Kier molecular flexibility index (Phi) is 2.54. The molecule has 0 amide bonds. The third kappa shape index (κ3) is 1.35. The van der Waals surface area contributed by atoms with Gasteiger partial charge in [0.05, 0.1) is 6.07 Å². The van der Waals surface area contributed by atoms with Crippen LogP contribution in [-0.2, 0) is 0 Å².